The predicted octanol–water partition coefficient (Wildman–Crippen LogP) is 1.91. The maximum Gasteiger partial charge on any atom is 0.260 e. The molecule has 0 aliphatic carbocycles. The summed E-state index contributed by atoms with van der Waals surface area (Å²) in [5.74, 6) is 3.71. The fraction of sp³-hybridized carbons (Fsp3) is 0.550. The minimum absolute atomic E-state index is 0. The average Bonchev–Trinajstić information content (AvgIpc) is 3.17. The van der Waals surface area contributed by atoms with Crippen molar-refractivity contribution in [3.05, 3.63) is 35.4 Å². The number of methoxy groups -OCH3 is 1. The molecule has 1 aromatic carbocycles. The van der Waals surface area contributed by atoms with Gasteiger partial charge >= 0.3 is 0 Å². The Hall–Kier alpha value is -2.32. The maximum atomic E-state index is 12.6. The zero-order valence-electron chi connectivity index (χ0n) is 16.9. The topological polar surface area (TPSA) is 81.5 Å². The number of halogens is 1. The zero-order valence-corrected chi connectivity index (χ0v) is 17.7. The van der Waals surface area contributed by atoms with Gasteiger partial charge in [0.25, 0.3) is 5.91 Å². The Bertz CT molecular complexity index is 849. The highest BCUT2D eigenvalue weighted by Gasteiger charge is 2.29. The van der Waals surface area contributed by atoms with Crippen molar-refractivity contribution in [3.63, 3.8) is 0 Å². The van der Waals surface area contributed by atoms with Crippen LogP contribution in [0, 0.1) is 6.92 Å². The quantitative estimate of drug-likeness (QED) is 0.794. The number of ether oxygens (including phenoxy) is 2. The highest BCUT2D eigenvalue weighted by Crippen LogP contribution is 2.29. The molecule has 158 valence electrons. The van der Waals surface area contributed by atoms with Crippen LogP contribution in [0.25, 0.3) is 0 Å². The summed E-state index contributed by atoms with van der Waals surface area (Å²) in [7, 11) is 1.60. The Morgan fingerprint density at radius 1 is 1.21 bits per heavy atom. The van der Waals surface area contributed by atoms with Gasteiger partial charge in [0.05, 0.1) is 13.7 Å². The molecule has 1 saturated heterocycles. The number of aryl methyl sites for hydroxylation is 1. The summed E-state index contributed by atoms with van der Waals surface area (Å²) < 4.78 is 13.3. The lowest BCUT2D eigenvalue weighted by Gasteiger charge is -2.32. The molecule has 4 rings (SSSR count). The molecule has 0 radical (unpaired) electrons. The van der Waals surface area contributed by atoms with E-state index in [0.717, 1.165) is 62.8 Å². The first-order valence-corrected chi connectivity index (χ1v) is 9.83. The molecule has 0 spiro atoms. The first kappa shape index (κ1) is 21.4. The molecule has 0 unspecified atom stereocenters. The molecule has 1 aromatic heterocycles. The van der Waals surface area contributed by atoms with Crippen LogP contribution in [0.3, 0.4) is 0 Å². The van der Waals surface area contributed by atoms with Crippen LogP contribution in [0.5, 0.6) is 11.5 Å². The number of hydrogen-bond acceptors (Lipinski definition) is 6. The fourth-order valence-electron chi connectivity index (χ4n) is 3.93. The van der Waals surface area contributed by atoms with Gasteiger partial charge in [-0.15, -0.1) is 22.6 Å². The van der Waals surface area contributed by atoms with Crippen LogP contribution in [0.2, 0.25) is 0 Å². The number of hydrogen-bond donors (Lipinski definition) is 1. The molecule has 2 aliphatic rings. The molecule has 0 atom stereocenters. The molecule has 9 heteroatoms. The van der Waals surface area contributed by atoms with Gasteiger partial charge in [0.15, 0.2) is 18.1 Å². The van der Waals surface area contributed by atoms with Gasteiger partial charge < -0.3 is 24.3 Å². The fourth-order valence-corrected chi connectivity index (χ4v) is 3.93. The van der Waals surface area contributed by atoms with Crippen LogP contribution in [-0.2, 0) is 17.9 Å². The zero-order chi connectivity index (χ0) is 19.5. The van der Waals surface area contributed by atoms with Crippen molar-refractivity contribution in [2.24, 2.45) is 0 Å². The second kappa shape index (κ2) is 9.45. The number of piperidine rings is 1. The van der Waals surface area contributed by atoms with Crippen molar-refractivity contribution in [2.75, 3.05) is 33.4 Å². The molecule has 0 saturated carbocycles. The molecule has 29 heavy (non-hydrogen) atoms. The molecule has 1 fully saturated rings. The third-order valence-corrected chi connectivity index (χ3v) is 5.53. The highest BCUT2D eigenvalue weighted by atomic mass is 35.5. The summed E-state index contributed by atoms with van der Waals surface area (Å²) in [6.45, 7) is 6.11. The van der Waals surface area contributed by atoms with Crippen molar-refractivity contribution in [1.29, 1.82) is 0 Å². The number of nitrogens with one attached hydrogen (secondary N) is 1. The van der Waals surface area contributed by atoms with Gasteiger partial charge in [0.2, 0.25) is 0 Å². The Labute approximate surface area is 177 Å². The van der Waals surface area contributed by atoms with Crippen LogP contribution in [0.15, 0.2) is 18.2 Å². The number of likely N-dealkylation sites (tertiary alicyclic amines) is 1. The van der Waals surface area contributed by atoms with Gasteiger partial charge in [-0.3, -0.25) is 4.79 Å². The molecular formula is C20H28ClN5O3. The molecule has 8 nitrogen and oxygen atoms in total. The van der Waals surface area contributed by atoms with Crippen LogP contribution >= 0.6 is 12.4 Å². The number of carbonyl (C=O) groups excluding carboxylic acids is 1. The van der Waals surface area contributed by atoms with E-state index in [2.05, 4.69) is 20.1 Å². The standard InChI is InChI=1S/C20H27N5O3.ClH/c1-14-3-4-16(17(11-14)27-2)28-13-19(26)24-8-5-15(6-9-24)20-23-22-18-12-21-7-10-25(18)20;/h3-4,11,15,21H,5-10,12-13H2,1-2H3;1H. The second-order valence-corrected chi connectivity index (χ2v) is 7.40. The minimum atomic E-state index is 0. The van der Waals surface area contributed by atoms with E-state index in [1.807, 2.05) is 30.0 Å². The predicted molar refractivity (Wildman–Crippen MR) is 111 cm³/mol. The van der Waals surface area contributed by atoms with E-state index in [1.165, 1.54) is 0 Å². The van der Waals surface area contributed by atoms with Gasteiger partial charge in [-0.25, -0.2) is 0 Å². The third kappa shape index (κ3) is 4.64. The minimum Gasteiger partial charge on any atom is -0.493 e. The molecule has 2 aliphatic heterocycles. The van der Waals surface area contributed by atoms with Crippen LogP contribution in [0.4, 0.5) is 0 Å². The van der Waals surface area contributed by atoms with E-state index < -0.39 is 0 Å². The van der Waals surface area contributed by atoms with E-state index in [1.54, 1.807) is 7.11 Å². The SMILES string of the molecule is COc1cc(C)ccc1OCC(=O)N1CCC(c2nnc3n2CCNC3)CC1.Cl. The summed E-state index contributed by atoms with van der Waals surface area (Å²) >= 11 is 0. The monoisotopic (exact) mass is 421 g/mol. The Morgan fingerprint density at radius 3 is 2.76 bits per heavy atom. The number of carbonyl (C=O) groups is 1. The van der Waals surface area contributed by atoms with Crippen LogP contribution < -0.4 is 14.8 Å². The Morgan fingerprint density at radius 2 is 2.00 bits per heavy atom. The van der Waals surface area contributed by atoms with Crippen molar-refractivity contribution < 1.29 is 14.3 Å². The van der Waals surface area contributed by atoms with Crippen molar-refractivity contribution >= 4 is 18.3 Å². The van der Waals surface area contributed by atoms with E-state index in [-0.39, 0.29) is 24.9 Å². The smallest absolute Gasteiger partial charge is 0.260 e. The van der Waals surface area contributed by atoms with Gasteiger partial charge in [-0.05, 0) is 37.5 Å². The second-order valence-electron chi connectivity index (χ2n) is 7.40. The lowest BCUT2D eigenvalue weighted by atomic mass is 9.95. The van der Waals surface area contributed by atoms with Crippen molar-refractivity contribution in [3.8, 4) is 11.5 Å². The van der Waals surface area contributed by atoms with Gasteiger partial charge in [0, 0.05) is 32.1 Å². The summed E-state index contributed by atoms with van der Waals surface area (Å²) in [4.78, 5) is 14.5. The van der Waals surface area contributed by atoms with Gasteiger partial charge in [-0.2, -0.15) is 0 Å². The van der Waals surface area contributed by atoms with E-state index in [4.69, 9.17) is 9.47 Å². The molecule has 1 amide bonds. The number of benzene rings is 1. The lowest BCUT2D eigenvalue weighted by Crippen LogP contribution is -2.41. The summed E-state index contributed by atoms with van der Waals surface area (Å²) in [6, 6.07) is 5.69. The number of fused-ring (bicyclic) bond motifs is 1. The summed E-state index contributed by atoms with van der Waals surface area (Å²) in [6.07, 6.45) is 1.82. The molecule has 2 aromatic rings. The summed E-state index contributed by atoms with van der Waals surface area (Å²) in [5, 5.41) is 12.1. The third-order valence-electron chi connectivity index (χ3n) is 5.53. The highest BCUT2D eigenvalue weighted by molar-refractivity contribution is 5.85. The first-order chi connectivity index (χ1) is 13.7. The molecule has 1 N–H and O–H groups in total. The van der Waals surface area contributed by atoms with Gasteiger partial charge in [-0.1, -0.05) is 6.07 Å². The first-order valence-electron chi connectivity index (χ1n) is 9.83. The molecule has 3 heterocycles. The van der Waals surface area contributed by atoms with E-state index in [0.29, 0.717) is 17.4 Å². The number of rotatable bonds is 5. The largest absolute Gasteiger partial charge is 0.493 e. The van der Waals surface area contributed by atoms with E-state index >= 15 is 0 Å². The number of aromatic nitrogens is 3. The van der Waals surface area contributed by atoms with Crippen LogP contribution in [0.1, 0.15) is 36.0 Å². The summed E-state index contributed by atoms with van der Waals surface area (Å²) in [5.41, 5.74) is 1.09. The van der Waals surface area contributed by atoms with Gasteiger partial charge in [0.1, 0.15) is 11.6 Å². The average molecular weight is 422 g/mol. The maximum absolute atomic E-state index is 12.6. The normalized spacial score (nSPS) is 16.7. The van der Waals surface area contributed by atoms with Crippen molar-refractivity contribution in [1.82, 2.24) is 25.0 Å². The number of amides is 1. The van der Waals surface area contributed by atoms with Crippen LogP contribution in [-0.4, -0.2) is 58.9 Å². The lowest BCUT2D eigenvalue weighted by molar-refractivity contribution is -0.134. The Kier molecular flexibility index (Phi) is 6.97. The van der Waals surface area contributed by atoms with Crippen molar-refractivity contribution in [2.45, 2.75) is 38.8 Å². The Balaban J connectivity index is 0.00000240. The molecular weight excluding hydrogens is 394 g/mol. The van der Waals surface area contributed by atoms with E-state index in [9.17, 15) is 4.79 Å². The number of nitrogens with zero attached hydrogens (tertiary/aromatic N) is 4. The molecule has 0 bridgehead atoms.